The number of hydrogen-bond acceptors (Lipinski definition) is 3. The highest BCUT2D eigenvalue weighted by atomic mass is 32.2. The van der Waals surface area contributed by atoms with Crippen LogP contribution in [0.2, 0.25) is 0 Å². The second-order valence-electron chi connectivity index (χ2n) is 3.72. The molecule has 0 atom stereocenters. The third-order valence-corrected chi connectivity index (χ3v) is 3.88. The lowest BCUT2D eigenvalue weighted by molar-refractivity contribution is 0.00401. The molecule has 2 rings (SSSR count). The van der Waals surface area contributed by atoms with Crippen molar-refractivity contribution < 1.29 is 17.2 Å². The number of nitrogens with two attached hydrogens (primary N) is 1. The number of thiophene rings is 1. The lowest BCUT2D eigenvalue weighted by atomic mass is 10.1. The molecule has 0 fully saturated rings. The van der Waals surface area contributed by atoms with E-state index in [1.165, 1.54) is 16.7 Å². The smallest absolute Gasteiger partial charge is 0.216 e. The molecule has 0 spiro atoms. The third-order valence-electron chi connectivity index (χ3n) is 2.37. The molecule has 2 aromatic rings. The van der Waals surface area contributed by atoms with Gasteiger partial charge in [-0.2, -0.15) is 21.9 Å². The summed E-state index contributed by atoms with van der Waals surface area (Å²) in [5.41, 5.74) is -0.195. The summed E-state index contributed by atoms with van der Waals surface area (Å²) in [6.07, 6.45) is 0. The molecule has 8 heteroatoms. The van der Waals surface area contributed by atoms with Gasteiger partial charge in [-0.05, 0) is 6.07 Å². The molecule has 1 aromatic carbocycles. The Morgan fingerprint density at radius 2 is 2.00 bits per heavy atom. The summed E-state index contributed by atoms with van der Waals surface area (Å²) in [5, 5.41) is 6.39. The van der Waals surface area contributed by atoms with Crippen LogP contribution in [0.4, 0.5) is 8.78 Å². The van der Waals surface area contributed by atoms with E-state index in [-0.39, 0.29) is 5.56 Å². The Kier molecular flexibility index (Phi) is 3.37. The molecular weight excluding hydrogens is 282 g/mol. The zero-order valence-corrected chi connectivity index (χ0v) is 10.7. The second-order valence-corrected chi connectivity index (χ2v) is 6.01. The van der Waals surface area contributed by atoms with Crippen LogP contribution >= 0.6 is 11.3 Å². The molecule has 4 nitrogen and oxygen atoms in total. The average Bonchev–Trinajstić information content (AvgIpc) is 2.70. The van der Waals surface area contributed by atoms with E-state index in [1.807, 2.05) is 0 Å². The zero-order valence-electron chi connectivity index (χ0n) is 9.06. The van der Waals surface area contributed by atoms with Gasteiger partial charge in [0.25, 0.3) is 16.1 Å². The van der Waals surface area contributed by atoms with Crippen molar-refractivity contribution in [2.45, 2.75) is 5.92 Å². The van der Waals surface area contributed by atoms with Gasteiger partial charge in [0.1, 0.15) is 0 Å². The minimum Gasteiger partial charge on any atom is -0.216 e. The number of nitrogens with one attached hydrogen (secondary N) is 1. The van der Waals surface area contributed by atoms with E-state index in [9.17, 15) is 17.2 Å². The number of alkyl halides is 2. The summed E-state index contributed by atoms with van der Waals surface area (Å²) in [6.45, 7) is -1.05. The Morgan fingerprint density at radius 1 is 1.33 bits per heavy atom. The van der Waals surface area contributed by atoms with Gasteiger partial charge in [0.15, 0.2) is 0 Å². The second kappa shape index (κ2) is 4.54. The van der Waals surface area contributed by atoms with Gasteiger partial charge in [0, 0.05) is 21.0 Å². The van der Waals surface area contributed by atoms with Crippen LogP contribution in [-0.2, 0) is 16.1 Å². The minimum absolute atomic E-state index is 0.195. The van der Waals surface area contributed by atoms with Crippen molar-refractivity contribution in [1.82, 2.24) is 4.72 Å². The summed E-state index contributed by atoms with van der Waals surface area (Å²) in [4.78, 5) is 0. The van der Waals surface area contributed by atoms with Crippen LogP contribution in [0.25, 0.3) is 10.1 Å². The van der Waals surface area contributed by atoms with Crippen LogP contribution in [0, 0.1) is 0 Å². The number of rotatable bonds is 4. The Morgan fingerprint density at radius 3 is 2.67 bits per heavy atom. The van der Waals surface area contributed by atoms with Crippen molar-refractivity contribution >= 4 is 31.6 Å². The van der Waals surface area contributed by atoms with Crippen LogP contribution in [0.1, 0.15) is 5.56 Å². The molecule has 1 aromatic heterocycles. The van der Waals surface area contributed by atoms with E-state index in [0.717, 1.165) is 4.70 Å². The maximum absolute atomic E-state index is 13.9. The van der Waals surface area contributed by atoms with Crippen LogP contribution in [0.3, 0.4) is 0 Å². The fourth-order valence-corrected chi connectivity index (χ4v) is 2.94. The van der Waals surface area contributed by atoms with Gasteiger partial charge in [0.2, 0.25) is 0 Å². The van der Waals surface area contributed by atoms with E-state index in [2.05, 4.69) is 5.14 Å². The van der Waals surface area contributed by atoms with Crippen molar-refractivity contribution in [3.63, 3.8) is 0 Å². The highest BCUT2D eigenvalue weighted by Crippen LogP contribution is 2.36. The number of halogens is 2. The number of hydrogen-bond donors (Lipinski definition) is 2. The van der Waals surface area contributed by atoms with E-state index < -0.39 is 22.7 Å². The van der Waals surface area contributed by atoms with Gasteiger partial charge in [-0.15, -0.1) is 11.3 Å². The highest BCUT2D eigenvalue weighted by molar-refractivity contribution is 7.87. The SMILES string of the molecule is NS(=O)(=O)NCC(F)(F)c1csc2ccccc12. The van der Waals surface area contributed by atoms with E-state index in [0.29, 0.717) is 5.39 Å². The normalized spacial score (nSPS) is 13.1. The summed E-state index contributed by atoms with van der Waals surface area (Å²) >= 11 is 1.19. The molecule has 0 unspecified atom stereocenters. The molecule has 0 saturated heterocycles. The number of fused-ring (bicyclic) bond motifs is 1. The summed E-state index contributed by atoms with van der Waals surface area (Å²) in [7, 11) is -4.13. The molecule has 0 saturated carbocycles. The molecule has 0 aliphatic carbocycles. The summed E-state index contributed by atoms with van der Waals surface area (Å²) in [5.74, 6) is -3.30. The first-order valence-corrected chi connectivity index (χ1v) is 7.34. The molecule has 0 bridgehead atoms. The largest absolute Gasteiger partial charge is 0.287 e. The molecule has 98 valence electrons. The molecule has 0 radical (unpaired) electrons. The first kappa shape index (κ1) is 13.3. The van der Waals surface area contributed by atoms with Crippen molar-refractivity contribution in [1.29, 1.82) is 0 Å². The van der Waals surface area contributed by atoms with Gasteiger partial charge in [-0.25, -0.2) is 5.14 Å². The van der Waals surface area contributed by atoms with E-state index in [4.69, 9.17) is 0 Å². The predicted octanol–water partition coefficient (Wildman–Crippen LogP) is 1.79. The molecule has 3 N–H and O–H groups in total. The maximum Gasteiger partial charge on any atom is 0.287 e. The molecule has 0 aliphatic rings. The van der Waals surface area contributed by atoms with Gasteiger partial charge in [0.05, 0.1) is 6.54 Å². The Labute approximate surface area is 107 Å². The molecule has 18 heavy (non-hydrogen) atoms. The molecular formula is C10H10F2N2O2S2. The van der Waals surface area contributed by atoms with Gasteiger partial charge in [-0.3, -0.25) is 0 Å². The Balaban J connectivity index is 2.34. The van der Waals surface area contributed by atoms with Crippen molar-refractivity contribution in [3.05, 3.63) is 35.2 Å². The Bertz CT molecular complexity index is 667. The van der Waals surface area contributed by atoms with Crippen molar-refractivity contribution in [2.75, 3.05) is 6.54 Å². The molecule has 1 heterocycles. The lowest BCUT2D eigenvalue weighted by Gasteiger charge is -2.15. The molecule has 0 aliphatic heterocycles. The van der Waals surface area contributed by atoms with Crippen LogP contribution < -0.4 is 9.86 Å². The first-order chi connectivity index (χ1) is 8.30. The third kappa shape index (κ3) is 2.83. The van der Waals surface area contributed by atoms with Crippen LogP contribution in [-0.4, -0.2) is 15.0 Å². The fourth-order valence-electron chi connectivity index (χ4n) is 1.55. The van der Waals surface area contributed by atoms with Gasteiger partial charge in [-0.1, -0.05) is 18.2 Å². The predicted molar refractivity (Wildman–Crippen MR) is 66.8 cm³/mol. The Hall–Kier alpha value is -1.09. The van der Waals surface area contributed by atoms with Gasteiger partial charge >= 0.3 is 0 Å². The lowest BCUT2D eigenvalue weighted by Crippen LogP contribution is -2.38. The average molecular weight is 292 g/mol. The van der Waals surface area contributed by atoms with Crippen molar-refractivity contribution in [3.8, 4) is 0 Å². The topological polar surface area (TPSA) is 72.2 Å². The van der Waals surface area contributed by atoms with Crippen molar-refractivity contribution in [2.24, 2.45) is 5.14 Å². The molecule has 0 amide bonds. The van der Waals surface area contributed by atoms with E-state index >= 15 is 0 Å². The minimum atomic E-state index is -4.13. The summed E-state index contributed by atoms with van der Waals surface area (Å²) < 4.78 is 51.4. The number of benzene rings is 1. The fraction of sp³-hybridized carbons (Fsp3) is 0.200. The van der Waals surface area contributed by atoms with E-state index in [1.54, 1.807) is 29.0 Å². The first-order valence-electron chi connectivity index (χ1n) is 4.91. The van der Waals surface area contributed by atoms with Crippen LogP contribution in [0.15, 0.2) is 29.6 Å². The van der Waals surface area contributed by atoms with Crippen LogP contribution in [0.5, 0.6) is 0 Å². The quantitative estimate of drug-likeness (QED) is 0.901. The highest BCUT2D eigenvalue weighted by Gasteiger charge is 2.34. The maximum atomic E-state index is 13.9. The standard InChI is InChI=1S/C10H10F2N2O2S2/c11-10(12,6-14-18(13,15)16)8-5-17-9-4-2-1-3-7(8)9/h1-5,14H,6H2,(H2,13,15,16). The monoisotopic (exact) mass is 292 g/mol. The zero-order chi connectivity index (χ0) is 13.4. The summed E-state index contributed by atoms with van der Waals surface area (Å²) in [6, 6.07) is 6.71. The van der Waals surface area contributed by atoms with Gasteiger partial charge < -0.3 is 0 Å².